The van der Waals surface area contributed by atoms with E-state index in [9.17, 15) is 9.90 Å². The van der Waals surface area contributed by atoms with Crippen molar-refractivity contribution < 1.29 is 19.4 Å². The summed E-state index contributed by atoms with van der Waals surface area (Å²) in [5, 5.41) is 13.4. The van der Waals surface area contributed by atoms with E-state index in [1.807, 2.05) is 51.1 Å². The quantitative estimate of drug-likeness (QED) is 0.765. The molecule has 31 heavy (non-hydrogen) atoms. The van der Waals surface area contributed by atoms with Crippen molar-refractivity contribution in [2.45, 2.75) is 57.2 Å². The van der Waals surface area contributed by atoms with E-state index in [1.165, 1.54) is 11.1 Å². The minimum Gasteiger partial charge on any atom is -0.504 e. The fraction of sp³-hybridized carbons (Fsp3) is 0.480. The molecule has 2 aliphatic rings. The summed E-state index contributed by atoms with van der Waals surface area (Å²) in [5.41, 5.74) is 2.99. The van der Waals surface area contributed by atoms with Gasteiger partial charge in [-0.05, 0) is 62.4 Å². The van der Waals surface area contributed by atoms with Crippen LogP contribution in [0.1, 0.15) is 55.8 Å². The van der Waals surface area contributed by atoms with Gasteiger partial charge in [0.2, 0.25) is 0 Å². The second kappa shape index (κ2) is 8.42. The second-order valence-corrected chi connectivity index (χ2v) is 9.49. The summed E-state index contributed by atoms with van der Waals surface area (Å²) in [6.45, 7) is 7.39. The van der Waals surface area contributed by atoms with E-state index in [0.29, 0.717) is 5.75 Å². The first-order valence-corrected chi connectivity index (χ1v) is 10.9. The van der Waals surface area contributed by atoms with Gasteiger partial charge in [0.25, 0.3) is 0 Å². The SMILES string of the molecule is COc1cc2c(cc1O)CCN1C[C@@H](c3ccccc3)[C@H](NC(=O)OC(C)(C)C)C[C@H]21. The van der Waals surface area contributed by atoms with Crippen LogP contribution in [0.25, 0.3) is 0 Å². The summed E-state index contributed by atoms with van der Waals surface area (Å²) >= 11 is 0. The monoisotopic (exact) mass is 424 g/mol. The number of nitrogens with one attached hydrogen (secondary N) is 1. The maximum absolute atomic E-state index is 12.7. The Morgan fingerprint density at radius 1 is 1.19 bits per heavy atom. The Morgan fingerprint density at radius 2 is 1.94 bits per heavy atom. The van der Waals surface area contributed by atoms with E-state index in [-0.39, 0.29) is 29.8 Å². The standard InChI is InChI=1S/C25H32N2O4/c1-25(2,3)31-24(29)26-20-14-21-18-13-23(30-4)22(28)12-17(18)10-11-27(21)15-19(20)16-8-6-5-7-9-16/h5-9,12-13,19-21,28H,10-11,14-15H2,1-4H3,(H,26,29)/t19-,20+,21+/m0/s1. The zero-order chi connectivity index (χ0) is 22.2. The minimum absolute atomic E-state index is 0.0655. The first-order valence-electron chi connectivity index (χ1n) is 10.9. The van der Waals surface area contributed by atoms with Crippen LogP contribution in [0.3, 0.4) is 0 Å². The Hall–Kier alpha value is -2.73. The largest absolute Gasteiger partial charge is 0.504 e. The van der Waals surface area contributed by atoms with E-state index >= 15 is 0 Å². The molecule has 2 aliphatic heterocycles. The molecule has 3 atom stereocenters. The van der Waals surface area contributed by atoms with E-state index in [4.69, 9.17) is 9.47 Å². The molecule has 0 radical (unpaired) electrons. The van der Waals surface area contributed by atoms with Gasteiger partial charge in [0.15, 0.2) is 11.5 Å². The Morgan fingerprint density at radius 3 is 2.61 bits per heavy atom. The molecule has 2 heterocycles. The molecule has 4 rings (SSSR count). The molecule has 2 aromatic rings. The number of carbonyl (C=O) groups is 1. The maximum Gasteiger partial charge on any atom is 0.407 e. The number of amides is 1. The highest BCUT2D eigenvalue weighted by Crippen LogP contribution is 2.44. The summed E-state index contributed by atoms with van der Waals surface area (Å²) < 4.78 is 10.9. The average molecular weight is 425 g/mol. The van der Waals surface area contributed by atoms with Gasteiger partial charge >= 0.3 is 6.09 Å². The highest BCUT2D eigenvalue weighted by atomic mass is 16.6. The third-order valence-electron chi connectivity index (χ3n) is 6.23. The minimum atomic E-state index is -0.546. The first kappa shape index (κ1) is 21.5. The molecule has 0 aliphatic carbocycles. The summed E-state index contributed by atoms with van der Waals surface area (Å²) in [6, 6.07) is 14.2. The predicted molar refractivity (Wildman–Crippen MR) is 120 cm³/mol. The molecule has 1 fully saturated rings. The van der Waals surface area contributed by atoms with Crippen LogP contribution in [0.5, 0.6) is 11.5 Å². The number of alkyl carbamates (subject to hydrolysis) is 1. The smallest absolute Gasteiger partial charge is 0.407 e. The molecule has 166 valence electrons. The molecule has 0 unspecified atom stereocenters. The van der Waals surface area contributed by atoms with Crippen LogP contribution in [0.4, 0.5) is 4.79 Å². The lowest BCUT2D eigenvalue weighted by atomic mass is 9.78. The first-order chi connectivity index (χ1) is 14.7. The Balaban J connectivity index is 1.65. The molecule has 0 bridgehead atoms. The van der Waals surface area contributed by atoms with Crippen molar-refractivity contribution in [1.82, 2.24) is 10.2 Å². The highest BCUT2D eigenvalue weighted by Gasteiger charge is 2.41. The van der Waals surface area contributed by atoms with Gasteiger partial charge in [-0.1, -0.05) is 30.3 Å². The van der Waals surface area contributed by atoms with Crippen LogP contribution in [-0.2, 0) is 11.2 Å². The molecule has 0 aromatic heterocycles. The summed E-state index contributed by atoms with van der Waals surface area (Å²) in [5.74, 6) is 0.837. The number of benzene rings is 2. The number of fused-ring (bicyclic) bond motifs is 3. The van der Waals surface area contributed by atoms with Gasteiger partial charge in [0, 0.05) is 31.1 Å². The second-order valence-electron chi connectivity index (χ2n) is 9.49. The van der Waals surface area contributed by atoms with Gasteiger partial charge in [-0.2, -0.15) is 0 Å². The Labute approximate surface area is 184 Å². The number of nitrogens with zero attached hydrogens (tertiary/aromatic N) is 1. The van der Waals surface area contributed by atoms with Crippen molar-refractivity contribution in [2.24, 2.45) is 0 Å². The van der Waals surface area contributed by atoms with E-state index in [2.05, 4.69) is 22.3 Å². The third-order valence-corrected chi connectivity index (χ3v) is 6.23. The topological polar surface area (TPSA) is 71.0 Å². The van der Waals surface area contributed by atoms with E-state index < -0.39 is 5.60 Å². The number of phenols is 1. The number of hydrogen-bond acceptors (Lipinski definition) is 5. The van der Waals surface area contributed by atoms with Crippen molar-refractivity contribution in [3.05, 3.63) is 59.2 Å². The number of aromatic hydroxyl groups is 1. The van der Waals surface area contributed by atoms with Crippen molar-refractivity contribution in [1.29, 1.82) is 0 Å². The maximum atomic E-state index is 12.7. The molecule has 0 spiro atoms. The van der Waals surface area contributed by atoms with Gasteiger partial charge < -0.3 is 19.9 Å². The van der Waals surface area contributed by atoms with Gasteiger partial charge in [0.1, 0.15) is 5.60 Å². The normalized spacial score (nSPS) is 23.4. The number of carbonyl (C=O) groups excluding carboxylic acids is 1. The lowest BCUT2D eigenvalue weighted by Gasteiger charge is -2.47. The molecule has 2 aromatic carbocycles. The Kier molecular flexibility index (Phi) is 5.84. The summed E-state index contributed by atoms with van der Waals surface area (Å²) in [6.07, 6.45) is 1.26. The number of rotatable bonds is 3. The van der Waals surface area contributed by atoms with Crippen LogP contribution in [0.2, 0.25) is 0 Å². The summed E-state index contributed by atoms with van der Waals surface area (Å²) in [7, 11) is 1.57. The van der Waals surface area contributed by atoms with Crippen LogP contribution in [-0.4, -0.2) is 47.9 Å². The fourth-order valence-electron chi connectivity index (χ4n) is 4.87. The number of hydrogen-bond donors (Lipinski definition) is 2. The lowest BCUT2D eigenvalue weighted by molar-refractivity contribution is 0.0413. The zero-order valence-electron chi connectivity index (χ0n) is 18.7. The molecule has 6 heteroatoms. The van der Waals surface area contributed by atoms with Crippen molar-refractivity contribution >= 4 is 6.09 Å². The number of methoxy groups -OCH3 is 1. The number of ether oxygens (including phenoxy) is 2. The molecule has 0 saturated carbocycles. The Bertz CT molecular complexity index is 939. The number of phenolic OH excluding ortho intramolecular Hbond substituents is 1. The van der Waals surface area contributed by atoms with Crippen LogP contribution >= 0.6 is 0 Å². The molecule has 6 nitrogen and oxygen atoms in total. The lowest BCUT2D eigenvalue weighted by Crippen LogP contribution is -2.53. The fourth-order valence-corrected chi connectivity index (χ4v) is 4.87. The molecule has 2 N–H and O–H groups in total. The molecular formula is C25H32N2O4. The number of piperidine rings is 1. The molecule has 1 amide bonds. The predicted octanol–water partition coefficient (Wildman–Crippen LogP) is 4.38. The van der Waals surface area contributed by atoms with E-state index in [0.717, 1.165) is 31.5 Å². The third kappa shape index (κ3) is 4.64. The zero-order valence-corrected chi connectivity index (χ0v) is 18.7. The summed E-state index contributed by atoms with van der Waals surface area (Å²) in [4.78, 5) is 15.1. The van der Waals surface area contributed by atoms with Crippen LogP contribution in [0, 0.1) is 0 Å². The van der Waals surface area contributed by atoms with Gasteiger partial charge in [-0.15, -0.1) is 0 Å². The van der Waals surface area contributed by atoms with Gasteiger partial charge in [-0.3, -0.25) is 4.90 Å². The van der Waals surface area contributed by atoms with Gasteiger partial charge in [-0.25, -0.2) is 4.79 Å². The average Bonchev–Trinajstić information content (AvgIpc) is 2.72. The van der Waals surface area contributed by atoms with Gasteiger partial charge in [0.05, 0.1) is 7.11 Å². The molecule has 1 saturated heterocycles. The van der Waals surface area contributed by atoms with Crippen LogP contribution < -0.4 is 10.1 Å². The van der Waals surface area contributed by atoms with Crippen LogP contribution in [0.15, 0.2) is 42.5 Å². The van der Waals surface area contributed by atoms with Crippen molar-refractivity contribution in [3.8, 4) is 11.5 Å². The highest BCUT2D eigenvalue weighted by molar-refractivity contribution is 5.68. The van der Waals surface area contributed by atoms with E-state index in [1.54, 1.807) is 7.11 Å². The van der Waals surface area contributed by atoms with Crippen molar-refractivity contribution in [3.63, 3.8) is 0 Å². The van der Waals surface area contributed by atoms with Crippen molar-refractivity contribution in [2.75, 3.05) is 20.2 Å². The molecular weight excluding hydrogens is 392 g/mol.